The van der Waals surface area contributed by atoms with E-state index in [9.17, 15) is 4.79 Å². The van der Waals surface area contributed by atoms with Crippen molar-refractivity contribution in [2.45, 2.75) is 18.8 Å². The van der Waals surface area contributed by atoms with Gasteiger partial charge in [0, 0.05) is 6.61 Å². The number of nitrogens with zero attached hydrogens (tertiary/aromatic N) is 1. The standard InChI is InChI=1S/C9H12N2O3/c1-9(2-3-14-5-9)8-10-4-6(11-8)7(12)13/h4H,2-3,5H2,1H3,(H,10,11)(H,12,13). The van der Waals surface area contributed by atoms with Crippen molar-refractivity contribution >= 4 is 5.97 Å². The van der Waals surface area contributed by atoms with Crippen molar-refractivity contribution < 1.29 is 14.6 Å². The first-order valence-electron chi connectivity index (χ1n) is 4.48. The van der Waals surface area contributed by atoms with Crippen LogP contribution < -0.4 is 0 Å². The zero-order valence-electron chi connectivity index (χ0n) is 7.91. The minimum atomic E-state index is -0.980. The van der Waals surface area contributed by atoms with Crippen LogP contribution in [-0.2, 0) is 10.2 Å². The third-order valence-electron chi connectivity index (χ3n) is 2.60. The molecule has 0 spiro atoms. The third-order valence-corrected chi connectivity index (χ3v) is 2.60. The predicted octanol–water partition coefficient (Wildman–Crippen LogP) is 0.786. The monoisotopic (exact) mass is 196 g/mol. The van der Waals surface area contributed by atoms with E-state index in [0.717, 1.165) is 6.42 Å². The summed E-state index contributed by atoms with van der Waals surface area (Å²) in [6.45, 7) is 3.32. The molecule has 5 nitrogen and oxygen atoms in total. The quantitative estimate of drug-likeness (QED) is 0.733. The van der Waals surface area contributed by atoms with Gasteiger partial charge in [0.15, 0.2) is 0 Å². The highest BCUT2D eigenvalue weighted by molar-refractivity contribution is 5.85. The SMILES string of the molecule is CC1(c2ncc(C(=O)O)[nH]2)CCOC1. The Kier molecular flexibility index (Phi) is 2.03. The summed E-state index contributed by atoms with van der Waals surface area (Å²) in [6, 6.07) is 0. The van der Waals surface area contributed by atoms with Gasteiger partial charge in [0.1, 0.15) is 11.5 Å². The molecule has 2 rings (SSSR count). The topological polar surface area (TPSA) is 75.2 Å². The number of carboxylic acid groups (broad SMARTS) is 1. The molecule has 76 valence electrons. The fraction of sp³-hybridized carbons (Fsp3) is 0.556. The lowest BCUT2D eigenvalue weighted by molar-refractivity contribution is 0.0690. The Hall–Kier alpha value is -1.36. The van der Waals surface area contributed by atoms with Crippen LogP contribution >= 0.6 is 0 Å². The number of hydrogen-bond donors (Lipinski definition) is 2. The van der Waals surface area contributed by atoms with E-state index in [1.165, 1.54) is 6.20 Å². The van der Waals surface area contributed by atoms with Crippen LogP contribution in [0, 0.1) is 0 Å². The lowest BCUT2D eigenvalue weighted by atomic mass is 9.89. The highest BCUT2D eigenvalue weighted by atomic mass is 16.5. The summed E-state index contributed by atoms with van der Waals surface area (Å²) >= 11 is 0. The number of rotatable bonds is 2. The maximum Gasteiger partial charge on any atom is 0.353 e. The molecule has 0 radical (unpaired) electrons. The Morgan fingerprint density at radius 3 is 3.07 bits per heavy atom. The molecule has 1 aromatic heterocycles. The van der Waals surface area contributed by atoms with Gasteiger partial charge in [-0.2, -0.15) is 0 Å². The fourth-order valence-corrected chi connectivity index (χ4v) is 1.59. The molecule has 5 heteroatoms. The first-order chi connectivity index (χ1) is 6.62. The van der Waals surface area contributed by atoms with Crippen molar-refractivity contribution in [2.24, 2.45) is 0 Å². The molecule has 0 bridgehead atoms. The van der Waals surface area contributed by atoms with Crippen LogP contribution in [0.3, 0.4) is 0 Å². The molecule has 1 atom stereocenters. The summed E-state index contributed by atoms with van der Waals surface area (Å²) in [4.78, 5) is 17.5. The largest absolute Gasteiger partial charge is 0.477 e. The van der Waals surface area contributed by atoms with Crippen LogP contribution in [0.5, 0.6) is 0 Å². The van der Waals surface area contributed by atoms with Crippen molar-refractivity contribution in [3.63, 3.8) is 0 Å². The maximum absolute atomic E-state index is 10.6. The molecule has 14 heavy (non-hydrogen) atoms. The van der Waals surface area contributed by atoms with E-state index in [-0.39, 0.29) is 11.1 Å². The van der Waals surface area contributed by atoms with E-state index in [4.69, 9.17) is 9.84 Å². The maximum atomic E-state index is 10.6. The van der Waals surface area contributed by atoms with Gasteiger partial charge in [0.2, 0.25) is 0 Å². The Morgan fingerprint density at radius 1 is 1.79 bits per heavy atom. The van der Waals surface area contributed by atoms with E-state index in [0.29, 0.717) is 19.0 Å². The van der Waals surface area contributed by atoms with E-state index >= 15 is 0 Å². The number of aromatic nitrogens is 2. The van der Waals surface area contributed by atoms with E-state index in [2.05, 4.69) is 9.97 Å². The third kappa shape index (κ3) is 1.39. The minimum absolute atomic E-state index is 0.133. The number of nitrogens with one attached hydrogen (secondary N) is 1. The number of carboxylic acids is 1. The second-order valence-corrected chi connectivity index (χ2v) is 3.81. The van der Waals surface area contributed by atoms with Gasteiger partial charge in [-0.25, -0.2) is 9.78 Å². The van der Waals surface area contributed by atoms with Crippen LogP contribution in [0.1, 0.15) is 29.7 Å². The summed E-state index contributed by atoms with van der Waals surface area (Å²) in [6.07, 6.45) is 2.22. The zero-order valence-corrected chi connectivity index (χ0v) is 7.91. The van der Waals surface area contributed by atoms with Gasteiger partial charge in [-0.15, -0.1) is 0 Å². The van der Waals surface area contributed by atoms with Crippen LogP contribution in [0.15, 0.2) is 6.20 Å². The number of ether oxygens (including phenoxy) is 1. The normalized spacial score (nSPS) is 26.6. The molecule has 1 unspecified atom stereocenters. The van der Waals surface area contributed by atoms with E-state index in [1.54, 1.807) is 0 Å². The van der Waals surface area contributed by atoms with Crippen molar-refractivity contribution in [1.29, 1.82) is 0 Å². The molecule has 1 fully saturated rings. The van der Waals surface area contributed by atoms with Gasteiger partial charge in [0.05, 0.1) is 18.2 Å². The Morgan fingerprint density at radius 2 is 2.57 bits per heavy atom. The van der Waals surface area contributed by atoms with Crippen molar-refractivity contribution in [2.75, 3.05) is 13.2 Å². The highest BCUT2D eigenvalue weighted by Crippen LogP contribution is 2.30. The summed E-state index contributed by atoms with van der Waals surface area (Å²) in [7, 11) is 0. The number of aromatic carboxylic acids is 1. The second kappa shape index (κ2) is 3.09. The number of H-pyrrole nitrogens is 1. The molecule has 0 saturated carbocycles. The molecule has 2 heterocycles. The highest BCUT2D eigenvalue weighted by Gasteiger charge is 2.34. The average Bonchev–Trinajstić information content (AvgIpc) is 2.71. The van der Waals surface area contributed by atoms with Gasteiger partial charge < -0.3 is 14.8 Å². The van der Waals surface area contributed by atoms with Crippen LogP contribution in [-0.4, -0.2) is 34.3 Å². The van der Waals surface area contributed by atoms with E-state index < -0.39 is 5.97 Å². The molecule has 0 aromatic carbocycles. The van der Waals surface area contributed by atoms with Gasteiger partial charge in [-0.3, -0.25) is 0 Å². The lowest BCUT2D eigenvalue weighted by Crippen LogP contribution is -2.23. The molecular weight excluding hydrogens is 184 g/mol. The van der Waals surface area contributed by atoms with Crippen molar-refractivity contribution in [3.8, 4) is 0 Å². The minimum Gasteiger partial charge on any atom is -0.477 e. The average molecular weight is 196 g/mol. The molecule has 1 aliphatic rings. The fourth-order valence-electron chi connectivity index (χ4n) is 1.59. The molecule has 0 amide bonds. The molecule has 0 aliphatic carbocycles. The van der Waals surface area contributed by atoms with Crippen molar-refractivity contribution in [1.82, 2.24) is 9.97 Å². The molecule has 1 aliphatic heterocycles. The predicted molar refractivity (Wildman–Crippen MR) is 48.3 cm³/mol. The first kappa shape index (κ1) is 9.21. The number of carbonyl (C=O) groups is 1. The lowest BCUT2D eigenvalue weighted by Gasteiger charge is -2.17. The van der Waals surface area contributed by atoms with E-state index in [1.807, 2.05) is 6.92 Å². The number of hydrogen-bond acceptors (Lipinski definition) is 3. The summed E-state index contributed by atoms with van der Waals surface area (Å²) in [5, 5.41) is 8.72. The van der Waals surface area contributed by atoms with Crippen molar-refractivity contribution in [3.05, 3.63) is 17.7 Å². The molecular formula is C9H12N2O3. The van der Waals surface area contributed by atoms with Crippen LogP contribution in [0.4, 0.5) is 0 Å². The Bertz CT molecular complexity index is 353. The summed E-state index contributed by atoms with van der Waals surface area (Å²) in [5.74, 6) is -0.279. The Labute approximate surface area is 81.1 Å². The second-order valence-electron chi connectivity index (χ2n) is 3.81. The zero-order chi connectivity index (χ0) is 10.2. The molecule has 1 saturated heterocycles. The summed E-state index contributed by atoms with van der Waals surface area (Å²) < 4.78 is 5.28. The summed E-state index contributed by atoms with van der Waals surface area (Å²) in [5.41, 5.74) is -0.0265. The van der Waals surface area contributed by atoms with Gasteiger partial charge >= 0.3 is 5.97 Å². The molecule has 2 N–H and O–H groups in total. The smallest absolute Gasteiger partial charge is 0.353 e. The molecule has 1 aromatic rings. The van der Waals surface area contributed by atoms with Gasteiger partial charge in [0.25, 0.3) is 0 Å². The number of aromatic amines is 1. The van der Waals surface area contributed by atoms with Crippen LogP contribution in [0.25, 0.3) is 0 Å². The first-order valence-corrected chi connectivity index (χ1v) is 4.48. The van der Waals surface area contributed by atoms with Gasteiger partial charge in [-0.1, -0.05) is 6.92 Å². The number of imidazole rings is 1. The Balaban J connectivity index is 2.28. The van der Waals surface area contributed by atoms with Gasteiger partial charge in [-0.05, 0) is 6.42 Å². The van der Waals surface area contributed by atoms with Crippen LogP contribution in [0.2, 0.25) is 0 Å².